The molecule has 4 N–H and O–H groups in total. The number of hydrogen-bond donors (Lipinski definition) is 4. The predicted molar refractivity (Wildman–Crippen MR) is 96.2 cm³/mol. The number of phenolic OH excluding ortho intramolecular Hbond substituents is 2. The number of aryl methyl sites for hydroxylation is 1. The first kappa shape index (κ1) is 17.0. The summed E-state index contributed by atoms with van der Waals surface area (Å²) < 4.78 is 0. The summed E-state index contributed by atoms with van der Waals surface area (Å²) in [5, 5.41) is 36.1. The van der Waals surface area contributed by atoms with Crippen molar-refractivity contribution in [2.24, 2.45) is 0 Å². The maximum absolute atomic E-state index is 11.6. The average molecular weight is 353 g/mol. The van der Waals surface area contributed by atoms with Gasteiger partial charge in [0.2, 0.25) is 11.6 Å². The summed E-state index contributed by atoms with van der Waals surface area (Å²) in [6, 6.07) is 12.1. The van der Waals surface area contributed by atoms with Crippen molar-refractivity contribution in [3.63, 3.8) is 0 Å². The second-order valence-electron chi connectivity index (χ2n) is 5.42. The van der Waals surface area contributed by atoms with Crippen LogP contribution in [0.1, 0.15) is 5.82 Å². The number of phenols is 2. The van der Waals surface area contributed by atoms with Crippen molar-refractivity contribution in [1.82, 2.24) is 9.97 Å². The zero-order valence-corrected chi connectivity index (χ0v) is 13.7. The molecule has 0 aliphatic heterocycles. The van der Waals surface area contributed by atoms with Crippen LogP contribution in [0, 0.1) is 17.0 Å². The smallest absolute Gasteiger partial charge is 0.353 e. The van der Waals surface area contributed by atoms with Crippen LogP contribution in [0.5, 0.6) is 11.5 Å². The summed E-state index contributed by atoms with van der Waals surface area (Å²) in [5.74, 6) is 0.541. The normalized spacial score (nSPS) is 10.3. The monoisotopic (exact) mass is 353 g/mol. The summed E-state index contributed by atoms with van der Waals surface area (Å²) in [4.78, 5) is 19.3. The molecule has 0 fully saturated rings. The van der Waals surface area contributed by atoms with Crippen LogP contribution in [-0.4, -0.2) is 25.1 Å². The molecule has 0 aliphatic carbocycles. The molecular formula is C17H15N5O4. The highest BCUT2D eigenvalue weighted by Crippen LogP contribution is 2.34. The molecule has 1 aromatic heterocycles. The zero-order chi connectivity index (χ0) is 18.7. The fourth-order valence-electron chi connectivity index (χ4n) is 2.28. The number of nitrogens with zero attached hydrogens (tertiary/aromatic N) is 3. The van der Waals surface area contributed by atoms with Gasteiger partial charge in [0.1, 0.15) is 17.3 Å². The fraction of sp³-hybridized carbons (Fsp3) is 0.0588. The lowest BCUT2D eigenvalue weighted by atomic mass is 10.3. The second-order valence-corrected chi connectivity index (χ2v) is 5.42. The Morgan fingerprint density at radius 3 is 1.58 bits per heavy atom. The van der Waals surface area contributed by atoms with Crippen molar-refractivity contribution < 1.29 is 15.1 Å². The molecule has 0 amide bonds. The van der Waals surface area contributed by atoms with E-state index in [2.05, 4.69) is 20.6 Å². The van der Waals surface area contributed by atoms with E-state index in [4.69, 9.17) is 0 Å². The van der Waals surface area contributed by atoms with E-state index < -0.39 is 4.92 Å². The highest BCUT2D eigenvalue weighted by atomic mass is 16.6. The lowest BCUT2D eigenvalue weighted by molar-refractivity contribution is -0.383. The van der Waals surface area contributed by atoms with E-state index in [9.17, 15) is 20.3 Å². The van der Waals surface area contributed by atoms with Crippen LogP contribution >= 0.6 is 0 Å². The molecule has 3 rings (SSSR count). The third kappa shape index (κ3) is 3.78. The molecule has 0 spiro atoms. The second kappa shape index (κ2) is 6.93. The Kier molecular flexibility index (Phi) is 4.52. The highest BCUT2D eigenvalue weighted by molar-refractivity contribution is 5.77. The molecule has 0 unspecified atom stereocenters. The number of anilines is 4. The number of nitrogens with one attached hydrogen (secondary N) is 2. The predicted octanol–water partition coefficient (Wildman–Crippen LogP) is 3.59. The molecule has 3 aromatic rings. The first-order chi connectivity index (χ1) is 12.4. The summed E-state index contributed by atoms with van der Waals surface area (Å²) in [5.41, 5.74) is 0.732. The molecule has 0 saturated carbocycles. The number of aromatic nitrogens is 2. The summed E-state index contributed by atoms with van der Waals surface area (Å²) in [6.07, 6.45) is 0. The maximum atomic E-state index is 11.6. The maximum Gasteiger partial charge on any atom is 0.353 e. The third-order valence-electron chi connectivity index (χ3n) is 3.44. The van der Waals surface area contributed by atoms with Crippen molar-refractivity contribution in [2.45, 2.75) is 6.92 Å². The molecule has 26 heavy (non-hydrogen) atoms. The van der Waals surface area contributed by atoms with E-state index in [1.165, 1.54) is 24.3 Å². The number of benzene rings is 2. The molecule has 1 heterocycles. The minimum Gasteiger partial charge on any atom is -0.508 e. The van der Waals surface area contributed by atoms with Gasteiger partial charge in [0.05, 0.1) is 4.92 Å². The van der Waals surface area contributed by atoms with Crippen molar-refractivity contribution in [3.8, 4) is 11.5 Å². The molecule has 0 aliphatic rings. The molecular weight excluding hydrogens is 338 g/mol. The van der Waals surface area contributed by atoms with Crippen LogP contribution in [0.15, 0.2) is 48.5 Å². The fourth-order valence-corrected chi connectivity index (χ4v) is 2.28. The van der Waals surface area contributed by atoms with Gasteiger partial charge in [-0.15, -0.1) is 0 Å². The van der Waals surface area contributed by atoms with Crippen molar-refractivity contribution in [2.75, 3.05) is 10.6 Å². The third-order valence-corrected chi connectivity index (χ3v) is 3.44. The van der Waals surface area contributed by atoms with Gasteiger partial charge in [0, 0.05) is 11.4 Å². The number of nitro groups is 1. The van der Waals surface area contributed by atoms with Gasteiger partial charge >= 0.3 is 5.69 Å². The van der Waals surface area contributed by atoms with Crippen molar-refractivity contribution >= 4 is 28.7 Å². The topological polar surface area (TPSA) is 133 Å². The summed E-state index contributed by atoms with van der Waals surface area (Å²) >= 11 is 0. The van der Waals surface area contributed by atoms with E-state index >= 15 is 0 Å². The van der Waals surface area contributed by atoms with Gasteiger partial charge in [-0.05, 0) is 55.5 Å². The number of rotatable bonds is 5. The van der Waals surface area contributed by atoms with E-state index in [-0.39, 0.29) is 28.8 Å². The quantitative estimate of drug-likeness (QED) is 0.311. The Labute approximate surface area is 148 Å². The van der Waals surface area contributed by atoms with Gasteiger partial charge in [-0.25, -0.2) is 9.97 Å². The lowest BCUT2D eigenvalue weighted by Gasteiger charge is -2.11. The Morgan fingerprint density at radius 2 is 1.23 bits per heavy atom. The van der Waals surface area contributed by atoms with Gasteiger partial charge in [0.15, 0.2) is 0 Å². The first-order valence-corrected chi connectivity index (χ1v) is 7.57. The minimum atomic E-state index is -0.578. The van der Waals surface area contributed by atoms with Gasteiger partial charge in [-0.1, -0.05) is 0 Å². The Bertz CT molecular complexity index is 874. The van der Waals surface area contributed by atoms with E-state index in [1.54, 1.807) is 31.2 Å². The van der Waals surface area contributed by atoms with Crippen LogP contribution < -0.4 is 10.6 Å². The van der Waals surface area contributed by atoms with E-state index in [1.807, 2.05) is 0 Å². The van der Waals surface area contributed by atoms with Crippen LogP contribution in [0.2, 0.25) is 0 Å². The standard InChI is InChI=1S/C17H15N5O4/c1-10-18-16(20-11-2-6-13(23)7-3-11)15(22(25)26)17(19-10)21-12-4-8-14(24)9-5-12/h2-9,23-24H,1H3,(H2,18,19,20,21). The van der Waals surface area contributed by atoms with Crippen LogP contribution in [-0.2, 0) is 0 Å². The summed E-state index contributed by atoms with van der Waals surface area (Å²) in [7, 11) is 0. The van der Waals surface area contributed by atoms with Crippen LogP contribution in [0.25, 0.3) is 0 Å². The highest BCUT2D eigenvalue weighted by Gasteiger charge is 2.24. The molecule has 0 bridgehead atoms. The molecule has 9 nitrogen and oxygen atoms in total. The zero-order valence-electron chi connectivity index (χ0n) is 13.7. The largest absolute Gasteiger partial charge is 0.508 e. The van der Waals surface area contributed by atoms with Crippen molar-refractivity contribution in [3.05, 3.63) is 64.5 Å². The van der Waals surface area contributed by atoms with Gasteiger partial charge < -0.3 is 20.8 Å². The van der Waals surface area contributed by atoms with Crippen molar-refractivity contribution in [1.29, 1.82) is 0 Å². The van der Waals surface area contributed by atoms with E-state index in [0.717, 1.165) is 0 Å². The number of hydrogen-bond acceptors (Lipinski definition) is 8. The first-order valence-electron chi connectivity index (χ1n) is 7.57. The van der Waals surface area contributed by atoms with Crippen LogP contribution in [0.3, 0.4) is 0 Å². The minimum absolute atomic E-state index is 0.0227. The molecule has 0 atom stereocenters. The molecule has 9 heteroatoms. The Hall–Kier alpha value is -3.88. The van der Waals surface area contributed by atoms with Gasteiger partial charge in [-0.2, -0.15) is 0 Å². The SMILES string of the molecule is Cc1nc(Nc2ccc(O)cc2)c([N+](=O)[O-])c(Nc2ccc(O)cc2)n1. The van der Waals surface area contributed by atoms with E-state index in [0.29, 0.717) is 17.2 Å². The van der Waals surface area contributed by atoms with Gasteiger partial charge in [-0.3, -0.25) is 10.1 Å². The average Bonchev–Trinajstić information content (AvgIpc) is 2.58. The number of aromatic hydroxyl groups is 2. The lowest BCUT2D eigenvalue weighted by Crippen LogP contribution is -2.07. The van der Waals surface area contributed by atoms with Crippen LogP contribution in [0.4, 0.5) is 28.7 Å². The summed E-state index contributed by atoms with van der Waals surface area (Å²) in [6.45, 7) is 1.62. The molecule has 0 saturated heterocycles. The molecule has 2 aromatic carbocycles. The Morgan fingerprint density at radius 1 is 0.846 bits per heavy atom. The molecule has 132 valence electrons. The van der Waals surface area contributed by atoms with Gasteiger partial charge in [0.25, 0.3) is 0 Å². The Balaban J connectivity index is 2.01. The molecule has 0 radical (unpaired) electrons.